The van der Waals surface area contributed by atoms with Crippen molar-refractivity contribution in [3.63, 3.8) is 0 Å². The van der Waals surface area contributed by atoms with Crippen LogP contribution in [0, 0.1) is 0 Å². The maximum absolute atomic E-state index is 10.6. The van der Waals surface area contributed by atoms with Gasteiger partial charge < -0.3 is 5.11 Å². The first-order valence-corrected chi connectivity index (χ1v) is 5.53. The topological polar surface area (TPSA) is 62.0 Å². The van der Waals surface area contributed by atoms with Crippen LogP contribution in [0.1, 0.15) is 10.4 Å². The monoisotopic (exact) mass is 260 g/mol. The number of halogens is 1. The second kappa shape index (κ2) is 5.42. The summed E-state index contributed by atoms with van der Waals surface area (Å²) in [4.78, 5) is 10.6. The molecule has 18 heavy (non-hydrogen) atoms. The highest BCUT2D eigenvalue weighted by Crippen LogP contribution is 2.30. The van der Waals surface area contributed by atoms with E-state index in [1.165, 1.54) is 18.2 Å². The minimum Gasteiger partial charge on any atom is -0.506 e. The Kier molecular flexibility index (Phi) is 3.69. The molecule has 0 radical (unpaired) electrons. The molecule has 0 amide bonds. The van der Waals surface area contributed by atoms with Gasteiger partial charge in [-0.3, -0.25) is 4.79 Å². The van der Waals surface area contributed by atoms with Crippen molar-refractivity contribution in [2.75, 3.05) is 0 Å². The van der Waals surface area contributed by atoms with E-state index in [0.29, 0.717) is 22.6 Å². The molecule has 5 heteroatoms. The lowest BCUT2D eigenvalue weighted by Crippen LogP contribution is -1.78. The molecule has 0 fully saturated rings. The molecule has 1 N–H and O–H groups in total. The maximum atomic E-state index is 10.6. The number of nitrogens with zero attached hydrogens (tertiary/aromatic N) is 2. The molecule has 2 aromatic rings. The fourth-order valence-corrected chi connectivity index (χ4v) is 1.51. The number of phenolic OH excluding ortho intramolecular Hbond substituents is 1. The lowest BCUT2D eigenvalue weighted by molar-refractivity contribution is 0.112. The van der Waals surface area contributed by atoms with Crippen LogP contribution in [-0.4, -0.2) is 11.4 Å². The number of aldehydes is 1. The van der Waals surface area contributed by atoms with Crippen LogP contribution in [-0.2, 0) is 0 Å². The van der Waals surface area contributed by atoms with Gasteiger partial charge in [-0.15, -0.1) is 10.2 Å². The SMILES string of the molecule is O=Cc1ccc(O)c(N=Nc2ccccc2Cl)c1. The third-order valence-electron chi connectivity index (χ3n) is 2.25. The highest BCUT2D eigenvalue weighted by molar-refractivity contribution is 6.32. The van der Waals surface area contributed by atoms with Gasteiger partial charge in [0.15, 0.2) is 0 Å². The van der Waals surface area contributed by atoms with Gasteiger partial charge in [0.2, 0.25) is 0 Å². The number of carbonyl (C=O) groups excluding carboxylic acids is 1. The molecule has 0 heterocycles. The predicted octanol–water partition coefficient (Wildman–Crippen LogP) is 4.27. The van der Waals surface area contributed by atoms with Crippen LogP contribution in [0.15, 0.2) is 52.7 Å². The number of carbonyl (C=O) groups is 1. The van der Waals surface area contributed by atoms with Crippen LogP contribution in [0.2, 0.25) is 5.02 Å². The van der Waals surface area contributed by atoms with E-state index in [4.69, 9.17) is 11.6 Å². The molecule has 4 nitrogen and oxygen atoms in total. The zero-order chi connectivity index (χ0) is 13.0. The molecule has 0 aromatic heterocycles. The first-order chi connectivity index (χ1) is 8.70. The van der Waals surface area contributed by atoms with Gasteiger partial charge >= 0.3 is 0 Å². The van der Waals surface area contributed by atoms with Crippen molar-refractivity contribution < 1.29 is 9.90 Å². The Morgan fingerprint density at radius 3 is 2.50 bits per heavy atom. The Balaban J connectivity index is 2.34. The number of aromatic hydroxyl groups is 1. The first-order valence-electron chi connectivity index (χ1n) is 5.15. The molecule has 0 saturated heterocycles. The van der Waals surface area contributed by atoms with Crippen molar-refractivity contribution in [1.82, 2.24) is 0 Å². The first kappa shape index (κ1) is 12.3. The van der Waals surface area contributed by atoms with E-state index in [9.17, 15) is 9.90 Å². The van der Waals surface area contributed by atoms with Crippen molar-refractivity contribution in [3.8, 4) is 5.75 Å². The van der Waals surface area contributed by atoms with E-state index in [2.05, 4.69) is 10.2 Å². The lowest BCUT2D eigenvalue weighted by Gasteiger charge is -1.99. The van der Waals surface area contributed by atoms with E-state index in [1.807, 2.05) is 0 Å². The molecule has 2 rings (SSSR count). The highest BCUT2D eigenvalue weighted by atomic mass is 35.5. The van der Waals surface area contributed by atoms with Crippen molar-refractivity contribution in [2.45, 2.75) is 0 Å². The standard InChI is InChI=1S/C13H9ClN2O2/c14-10-3-1-2-4-11(10)15-16-12-7-9(8-17)5-6-13(12)18/h1-8,18H. The largest absolute Gasteiger partial charge is 0.506 e. The van der Waals surface area contributed by atoms with E-state index in [1.54, 1.807) is 24.3 Å². The average molecular weight is 261 g/mol. The van der Waals surface area contributed by atoms with E-state index < -0.39 is 0 Å². The number of benzene rings is 2. The van der Waals surface area contributed by atoms with Crippen molar-refractivity contribution in [3.05, 3.63) is 53.1 Å². The summed E-state index contributed by atoms with van der Waals surface area (Å²) in [6.45, 7) is 0. The molecule has 0 aliphatic carbocycles. The third-order valence-corrected chi connectivity index (χ3v) is 2.57. The van der Waals surface area contributed by atoms with Gasteiger partial charge in [-0.25, -0.2) is 0 Å². The van der Waals surface area contributed by atoms with Gasteiger partial charge in [0.1, 0.15) is 23.4 Å². The zero-order valence-electron chi connectivity index (χ0n) is 9.25. The second-order valence-corrected chi connectivity index (χ2v) is 3.92. The Bertz CT molecular complexity index is 612. The predicted molar refractivity (Wildman–Crippen MR) is 69.1 cm³/mol. The second-order valence-electron chi connectivity index (χ2n) is 3.52. The summed E-state index contributed by atoms with van der Waals surface area (Å²) in [7, 11) is 0. The van der Waals surface area contributed by atoms with E-state index in [0.717, 1.165) is 0 Å². The average Bonchev–Trinajstić information content (AvgIpc) is 2.39. The van der Waals surface area contributed by atoms with Crippen molar-refractivity contribution in [1.29, 1.82) is 0 Å². The van der Waals surface area contributed by atoms with Gasteiger partial charge in [-0.1, -0.05) is 23.7 Å². The molecule has 0 unspecified atom stereocenters. The van der Waals surface area contributed by atoms with Crippen LogP contribution in [0.5, 0.6) is 5.75 Å². The normalized spacial score (nSPS) is 10.7. The van der Waals surface area contributed by atoms with E-state index >= 15 is 0 Å². The Labute approximate surface area is 109 Å². The molecular weight excluding hydrogens is 252 g/mol. The summed E-state index contributed by atoms with van der Waals surface area (Å²) < 4.78 is 0. The quantitative estimate of drug-likeness (QED) is 0.661. The Morgan fingerprint density at radius 1 is 1.06 bits per heavy atom. The Morgan fingerprint density at radius 2 is 1.78 bits per heavy atom. The van der Waals surface area contributed by atoms with Gasteiger partial charge in [0, 0.05) is 5.56 Å². The van der Waals surface area contributed by atoms with Gasteiger partial charge in [0.05, 0.1) is 5.02 Å². The third kappa shape index (κ3) is 2.73. The van der Waals surface area contributed by atoms with Crippen LogP contribution in [0.4, 0.5) is 11.4 Å². The van der Waals surface area contributed by atoms with Crippen LogP contribution < -0.4 is 0 Å². The van der Waals surface area contributed by atoms with Crippen molar-refractivity contribution in [2.24, 2.45) is 10.2 Å². The molecule has 90 valence electrons. The minimum atomic E-state index is -0.0450. The van der Waals surface area contributed by atoms with E-state index in [-0.39, 0.29) is 11.4 Å². The molecule has 0 aliphatic heterocycles. The summed E-state index contributed by atoms with van der Waals surface area (Å²) >= 11 is 5.92. The Hall–Kier alpha value is -2.20. The summed E-state index contributed by atoms with van der Waals surface area (Å²) in [6, 6.07) is 11.3. The van der Waals surface area contributed by atoms with Crippen molar-refractivity contribution >= 4 is 29.3 Å². The molecule has 0 saturated carbocycles. The molecular formula is C13H9ClN2O2. The summed E-state index contributed by atoms with van der Waals surface area (Å²) in [5.74, 6) is -0.0450. The highest BCUT2D eigenvalue weighted by Gasteiger charge is 2.02. The summed E-state index contributed by atoms with van der Waals surface area (Å²) in [5, 5.41) is 17.8. The van der Waals surface area contributed by atoms with Gasteiger partial charge in [0.25, 0.3) is 0 Å². The molecule has 0 atom stereocenters. The number of hydrogen-bond acceptors (Lipinski definition) is 4. The fourth-order valence-electron chi connectivity index (χ4n) is 1.33. The minimum absolute atomic E-state index is 0.0450. The summed E-state index contributed by atoms with van der Waals surface area (Å²) in [5.41, 5.74) is 1.13. The lowest BCUT2D eigenvalue weighted by atomic mass is 10.2. The van der Waals surface area contributed by atoms with Crippen LogP contribution >= 0.6 is 11.6 Å². The summed E-state index contributed by atoms with van der Waals surface area (Å²) in [6.07, 6.45) is 0.675. The smallest absolute Gasteiger partial charge is 0.150 e. The fraction of sp³-hybridized carbons (Fsp3) is 0. The molecule has 0 aliphatic rings. The number of phenols is 1. The van der Waals surface area contributed by atoms with Crippen LogP contribution in [0.3, 0.4) is 0 Å². The molecule has 2 aromatic carbocycles. The maximum Gasteiger partial charge on any atom is 0.150 e. The number of rotatable bonds is 3. The zero-order valence-corrected chi connectivity index (χ0v) is 10.0. The van der Waals surface area contributed by atoms with Gasteiger partial charge in [-0.2, -0.15) is 0 Å². The van der Waals surface area contributed by atoms with Gasteiger partial charge in [-0.05, 0) is 30.3 Å². The van der Waals surface area contributed by atoms with Crippen LogP contribution in [0.25, 0.3) is 0 Å². The molecule has 0 spiro atoms. The molecule has 0 bridgehead atoms. The number of hydrogen-bond donors (Lipinski definition) is 1. The number of azo groups is 1.